The van der Waals surface area contributed by atoms with E-state index in [0.717, 1.165) is 92.4 Å². The van der Waals surface area contributed by atoms with Crippen LogP contribution in [0, 0.1) is 0 Å². The minimum Gasteiger partial charge on any atom is -0.656 e. The fraction of sp³-hybridized carbons (Fsp3) is 0.308. The normalized spacial score (nSPS) is 11.8. The SMILES string of the molecule is CCCCCCCCc1c2nc(cc3[n-]c(c(CCCCCCCC)c4nc(cc5[n-]c1c1ccccc51)-c1ccccc1-4)c1ccccc31)-c1ccccc1-2.[Zn+2]. The van der Waals surface area contributed by atoms with Crippen molar-refractivity contribution in [2.24, 2.45) is 0 Å². The Hall–Kier alpha value is -4.86. The van der Waals surface area contributed by atoms with Gasteiger partial charge in [-0.2, -0.15) is 0 Å². The second-order valence-electron chi connectivity index (χ2n) is 15.8. The summed E-state index contributed by atoms with van der Waals surface area (Å²) >= 11 is 0. The number of benzene rings is 4. The van der Waals surface area contributed by atoms with Gasteiger partial charge in [-0.1, -0.05) is 175 Å². The quantitative estimate of drug-likeness (QED) is 0.0812. The molecule has 0 amide bonds. The van der Waals surface area contributed by atoms with Crippen molar-refractivity contribution in [3.8, 4) is 45.0 Å². The standard InChI is InChI=1S/C52H52N4.Zn/c1-3-5-7-9-11-13-31-43-49-39-27-19-15-23-35(39)45(53-49)33-47-37-25-17-21-29-41(37)51(55-47)44(32-14-12-10-8-6-4-2)52-42-30-22-18-26-38(42)48(56-52)34-46-36-24-16-20-28-40(36)50(43)54-46;/h15-30,33-34H,3-14,31-32H2,1-2H3;/q-2;+2. The maximum absolute atomic E-state index is 5.57. The van der Waals surface area contributed by atoms with E-state index >= 15 is 0 Å². The van der Waals surface area contributed by atoms with Gasteiger partial charge in [0, 0.05) is 22.3 Å². The van der Waals surface area contributed by atoms with Crippen LogP contribution in [-0.4, -0.2) is 9.97 Å². The van der Waals surface area contributed by atoms with Gasteiger partial charge in [-0.25, -0.2) is 9.97 Å². The molecule has 8 bridgehead atoms. The molecule has 0 saturated carbocycles. The molecule has 0 fully saturated rings. The van der Waals surface area contributed by atoms with Crippen LogP contribution in [0.2, 0.25) is 0 Å². The molecule has 2 aliphatic heterocycles. The third-order valence-corrected chi connectivity index (χ3v) is 12.0. The number of aromatic nitrogens is 4. The molecule has 7 aromatic rings. The Morgan fingerprint density at radius 1 is 0.404 bits per heavy atom. The van der Waals surface area contributed by atoms with Crippen LogP contribution >= 0.6 is 0 Å². The zero-order valence-corrected chi connectivity index (χ0v) is 36.8. The minimum atomic E-state index is 0. The van der Waals surface area contributed by atoms with Crippen molar-refractivity contribution in [1.29, 1.82) is 0 Å². The summed E-state index contributed by atoms with van der Waals surface area (Å²) in [5.41, 5.74) is 15.2. The van der Waals surface area contributed by atoms with Gasteiger partial charge < -0.3 is 9.97 Å². The van der Waals surface area contributed by atoms with Gasteiger partial charge in [-0.3, -0.25) is 0 Å². The number of aryl methyl sites for hydroxylation is 2. The van der Waals surface area contributed by atoms with E-state index in [2.05, 4.69) is 123 Å². The molecule has 0 spiro atoms. The summed E-state index contributed by atoms with van der Waals surface area (Å²) in [7, 11) is 0. The van der Waals surface area contributed by atoms with Gasteiger partial charge in [0.2, 0.25) is 0 Å². The predicted molar refractivity (Wildman–Crippen MR) is 237 cm³/mol. The van der Waals surface area contributed by atoms with E-state index in [4.69, 9.17) is 19.9 Å². The molecule has 0 saturated heterocycles. The van der Waals surface area contributed by atoms with Crippen LogP contribution in [0.1, 0.15) is 102 Å². The molecule has 0 unspecified atom stereocenters. The van der Waals surface area contributed by atoms with Crippen molar-refractivity contribution < 1.29 is 19.5 Å². The third kappa shape index (κ3) is 7.64. The van der Waals surface area contributed by atoms with Crippen LogP contribution in [-0.2, 0) is 32.3 Å². The smallest absolute Gasteiger partial charge is 0.656 e. The molecule has 2 aliphatic rings. The number of unbranched alkanes of at least 4 members (excludes halogenated alkanes) is 10. The molecule has 9 rings (SSSR count). The average Bonchev–Trinajstić information content (AvgIpc) is 3.99. The predicted octanol–water partition coefficient (Wildman–Crippen LogP) is 14.4. The Morgan fingerprint density at radius 2 is 0.754 bits per heavy atom. The first-order valence-electron chi connectivity index (χ1n) is 21.4. The van der Waals surface area contributed by atoms with Crippen molar-refractivity contribution in [1.82, 2.24) is 19.9 Å². The molecule has 5 heterocycles. The van der Waals surface area contributed by atoms with Crippen molar-refractivity contribution in [2.45, 2.75) is 104 Å². The largest absolute Gasteiger partial charge is 2.00 e. The number of hydrogen-bond acceptors (Lipinski definition) is 2. The molecular weight excluding hydrogens is 746 g/mol. The van der Waals surface area contributed by atoms with E-state index in [1.165, 1.54) is 97.2 Å². The molecule has 0 radical (unpaired) electrons. The second kappa shape index (κ2) is 17.7. The van der Waals surface area contributed by atoms with Gasteiger partial charge in [0.1, 0.15) is 0 Å². The van der Waals surface area contributed by atoms with Crippen LogP contribution in [0.5, 0.6) is 0 Å². The summed E-state index contributed by atoms with van der Waals surface area (Å²) in [5, 5.41) is 4.68. The first kappa shape index (κ1) is 39.0. The summed E-state index contributed by atoms with van der Waals surface area (Å²) in [6, 6.07) is 39.6. The Labute approximate surface area is 350 Å². The fourth-order valence-corrected chi connectivity index (χ4v) is 9.10. The molecular formula is C52H52N4Zn. The zero-order chi connectivity index (χ0) is 37.8. The topological polar surface area (TPSA) is 54.0 Å². The van der Waals surface area contributed by atoms with E-state index in [0.29, 0.717) is 0 Å². The van der Waals surface area contributed by atoms with Gasteiger partial charge in [-0.15, -0.1) is 22.1 Å². The van der Waals surface area contributed by atoms with Crippen molar-refractivity contribution in [3.05, 3.63) is 120 Å². The van der Waals surface area contributed by atoms with Gasteiger partial charge in [-0.05, 0) is 70.5 Å². The molecule has 4 nitrogen and oxygen atoms in total. The second-order valence-corrected chi connectivity index (χ2v) is 15.8. The van der Waals surface area contributed by atoms with Gasteiger partial charge in [0.05, 0.1) is 22.8 Å². The molecule has 282 valence electrons. The Balaban J connectivity index is 0.00000455. The number of hydrogen-bond donors (Lipinski definition) is 0. The number of rotatable bonds is 14. The van der Waals surface area contributed by atoms with Gasteiger partial charge in [0.25, 0.3) is 0 Å². The summed E-state index contributed by atoms with van der Waals surface area (Å²) < 4.78 is 0. The first-order valence-corrected chi connectivity index (χ1v) is 21.4. The summed E-state index contributed by atoms with van der Waals surface area (Å²) in [4.78, 5) is 22.3. The van der Waals surface area contributed by atoms with Crippen LogP contribution < -0.4 is 9.97 Å². The molecule has 0 atom stereocenters. The summed E-state index contributed by atoms with van der Waals surface area (Å²) in [5.74, 6) is 0. The molecule has 0 N–H and O–H groups in total. The monoisotopic (exact) mass is 796 g/mol. The first-order chi connectivity index (χ1) is 27.7. The number of fused-ring (bicyclic) bond motifs is 20. The summed E-state index contributed by atoms with van der Waals surface area (Å²) in [6.07, 6.45) is 16.7. The maximum Gasteiger partial charge on any atom is 2.00 e. The van der Waals surface area contributed by atoms with Gasteiger partial charge in [0.15, 0.2) is 0 Å². The van der Waals surface area contributed by atoms with Crippen LogP contribution in [0.3, 0.4) is 0 Å². The summed E-state index contributed by atoms with van der Waals surface area (Å²) in [6.45, 7) is 4.57. The molecule has 3 aromatic heterocycles. The Morgan fingerprint density at radius 3 is 1.18 bits per heavy atom. The van der Waals surface area contributed by atoms with E-state index < -0.39 is 0 Å². The van der Waals surface area contributed by atoms with E-state index in [-0.39, 0.29) is 19.5 Å². The minimum absolute atomic E-state index is 0. The molecule has 57 heavy (non-hydrogen) atoms. The fourth-order valence-electron chi connectivity index (χ4n) is 9.10. The van der Waals surface area contributed by atoms with E-state index in [1.807, 2.05) is 0 Å². The van der Waals surface area contributed by atoms with E-state index in [1.54, 1.807) is 0 Å². The molecule has 4 aromatic carbocycles. The average molecular weight is 798 g/mol. The van der Waals surface area contributed by atoms with Crippen LogP contribution in [0.15, 0.2) is 109 Å². The van der Waals surface area contributed by atoms with E-state index in [9.17, 15) is 0 Å². The number of nitrogens with zero attached hydrogens (tertiary/aromatic N) is 4. The Kier molecular flexibility index (Phi) is 12.1. The van der Waals surface area contributed by atoms with Gasteiger partial charge >= 0.3 is 19.5 Å². The molecule has 5 heteroatoms. The Bertz CT molecular complexity index is 2510. The molecule has 0 aliphatic carbocycles. The third-order valence-electron chi connectivity index (χ3n) is 12.0. The van der Waals surface area contributed by atoms with Crippen LogP contribution in [0.4, 0.5) is 0 Å². The van der Waals surface area contributed by atoms with Crippen molar-refractivity contribution >= 4 is 43.6 Å². The zero-order valence-electron chi connectivity index (χ0n) is 33.8. The van der Waals surface area contributed by atoms with Crippen molar-refractivity contribution in [3.63, 3.8) is 0 Å². The maximum atomic E-state index is 5.57. The van der Waals surface area contributed by atoms with Crippen molar-refractivity contribution in [2.75, 3.05) is 0 Å². The van der Waals surface area contributed by atoms with Crippen LogP contribution in [0.25, 0.3) is 88.6 Å².